The first-order chi connectivity index (χ1) is 10.5. The van der Waals surface area contributed by atoms with Crippen molar-refractivity contribution < 1.29 is 9.53 Å². The van der Waals surface area contributed by atoms with Crippen molar-refractivity contribution in [2.75, 3.05) is 13.2 Å². The van der Waals surface area contributed by atoms with Gasteiger partial charge in [0.05, 0.1) is 11.6 Å². The van der Waals surface area contributed by atoms with E-state index in [2.05, 4.69) is 6.92 Å². The van der Waals surface area contributed by atoms with Crippen LogP contribution in [-0.2, 0) is 4.79 Å². The summed E-state index contributed by atoms with van der Waals surface area (Å²) in [7, 11) is 0. The smallest absolute Gasteiger partial charge is 0.222 e. The summed E-state index contributed by atoms with van der Waals surface area (Å²) in [5.74, 6) is 0.721. The normalized spacial score (nSPS) is 21.7. The number of piperidine rings is 1. The van der Waals surface area contributed by atoms with Gasteiger partial charge in [0.1, 0.15) is 10.8 Å². The summed E-state index contributed by atoms with van der Waals surface area (Å²) in [5.41, 5.74) is 5.92. The molecule has 1 aromatic rings. The lowest BCUT2D eigenvalue weighted by Crippen LogP contribution is -2.48. The maximum absolute atomic E-state index is 12.2. The minimum absolute atomic E-state index is 0.167. The summed E-state index contributed by atoms with van der Waals surface area (Å²) in [6.45, 7) is 3.24. The Bertz CT molecular complexity index is 525. The lowest BCUT2D eigenvalue weighted by molar-refractivity contribution is -0.134. The Morgan fingerprint density at radius 1 is 1.45 bits per heavy atom. The van der Waals surface area contributed by atoms with Gasteiger partial charge >= 0.3 is 0 Å². The molecule has 0 spiro atoms. The number of benzene rings is 1. The van der Waals surface area contributed by atoms with Crippen molar-refractivity contribution in [2.45, 2.75) is 44.7 Å². The van der Waals surface area contributed by atoms with Crippen molar-refractivity contribution in [3.05, 3.63) is 28.2 Å². The van der Waals surface area contributed by atoms with E-state index in [1.807, 2.05) is 4.90 Å². The van der Waals surface area contributed by atoms with Crippen LogP contribution in [-0.4, -0.2) is 36.0 Å². The van der Waals surface area contributed by atoms with Crippen LogP contribution in [0.3, 0.4) is 0 Å². The fourth-order valence-corrected chi connectivity index (χ4v) is 3.07. The Morgan fingerprint density at radius 3 is 2.95 bits per heavy atom. The third kappa shape index (κ3) is 4.51. The molecule has 0 bridgehead atoms. The molecule has 6 heteroatoms. The second kappa shape index (κ2) is 8.04. The zero-order valence-corrected chi connectivity index (χ0v) is 14.2. The monoisotopic (exact) mass is 344 g/mol. The Balaban J connectivity index is 1.74. The average molecular weight is 345 g/mol. The molecule has 0 aromatic heterocycles. The minimum Gasteiger partial charge on any atom is -0.492 e. The van der Waals surface area contributed by atoms with Gasteiger partial charge in [-0.1, -0.05) is 29.3 Å². The van der Waals surface area contributed by atoms with Crippen molar-refractivity contribution in [3.63, 3.8) is 0 Å². The zero-order chi connectivity index (χ0) is 16.1. The molecule has 1 aromatic carbocycles. The number of hydrogen-bond acceptors (Lipinski definition) is 3. The summed E-state index contributed by atoms with van der Waals surface area (Å²) in [4.78, 5) is 14.2. The second-order valence-corrected chi connectivity index (χ2v) is 6.51. The molecule has 0 aliphatic carbocycles. The van der Waals surface area contributed by atoms with Gasteiger partial charge in [-0.2, -0.15) is 0 Å². The van der Waals surface area contributed by atoms with E-state index in [4.69, 9.17) is 33.7 Å². The number of ether oxygens (including phenoxy) is 1. The van der Waals surface area contributed by atoms with Crippen molar-refractivity contribution in [2.24, 2.45) is 5.73 Å². The first-order valence-electron chi connectivity index (χ1n) is 7.61. The fraction of sp³-hybridized carbons (Fsp3) is 0.562. The number of halogens is 2. The van der Waals surface area contributed by atoms with Crippen LogP contribution < -0.4 is 10.5 Å². The largest absolute Gasteiger partial charge is 0.492 e. The molecule has 1 fully saturated rings. The molecule has 22 heavy (non-hydrogen) atoms. The number of rotatable bonds is 5. The number of hydrogen-bond donors (Lipinski definition) is 1. The molecule has 2 rings (SSSR count). The lowest BCUT2D eigenvalue weighted by Gasteiger charge is -2.36. The molecule has 2 atom stereocenters. The molecule has 122 valence electrons. The number of amides is 1. The van der Waals surface area contributed by atoms with E-state index in [-0.39, 0.29) is 18.0 Å². The van der Waals surface area contributed by atoms with Crippen LogP contribution in [0.25, 0.3) is 0 Å². The summed E-state index contributed by atoms with van der Waals surface area (Å²) >= 11 is 12.0. The predicted octanol–water partition coefficient (Wildman–Crippen LogP) is 3.49. The minimum atomic E-state index is 0.167. The van der Waals surface area contributed by atoms with Gasteiger partial charge in [-0.25, -0.2) is 0 Å². The number of nitrogens with zero attached hydrogens (tertiary/aromatic N) is 1. The van der Waals surface area contributed by atoms with E-state index < -0.39 is 0 Å². The molecule has 2 N–H and O–H groups in total. The number of carbonyl (C=O) groups is 1. The highest BCUT2D eigenvalue weighted by Gasteiger charge is 2.26. The second-order valence-electron chi connectivity index (χ2n) is 5.72. The molecular formula is C16H22Cl2N2O2. The van der Waals surface area contributed by atoms with Crippen LogP contribution in [0.4, 0.5) is 0 Å². The zero-order valence-electron chi connectivity index (χ0n) is 12.7. The first-order valence-corrected chi connectivity index (χ1v) is 8.36. The Labute approximate surface area is 141 Å². The van der Waals surface area contributed by atoms with Gasteiger partial charge < -0.3 is 15.4 Å². The summed E-state index contributed by atoms with van der Waals surface area (Å²) < 4.78 is 5.59. The molecular weight excluding hydrogens is 323 g/mol. The van der Waals surface area contributed by atoms with Gasteiger partial charge in [0.2, 0.25) is 5.91 Å². The maximum atomic E-state index is 12.2. The Hall–Kier alpha value is -0.970. The van der Waals surface area contributed by atoms with E-state index in [0.29, 0.717) is 35.2 Å². The van der Waals surface area contributed by atoms with E-state index in [1.54, 1.807) is 18.2 Å². The average Bonchev–Trinajstić information content (AvgIpc) is 2.47. The highest BCUT2D eigenvalue weighted by atomic mass is 35.5. The predicted molar refractivity (Wildman–Crippen MR) is 89.6 cm³/mol. The van der Waals surface area contributed by atoms with Crippen molar-refractivity contribution >= 4 is 29.1 Å². The maximum Gasteiger partial charge on any atom is 0.222 e. The Morgan fingerprint density at radius 2 is 2.23 bits per heavy atom. The quantitative estimate of drug-likeness (QED) is 0.831. The Kier molecular flexibility index (Phi) is 6.36. The van der Waals surface area contributed by atoms with Gasteiger partial charge in [-0.3, -0.25) is 4.79 Å². The molecule has 1 amide bonds. The number of likely N-dealkylation sites (tertiary alicyclic amines) is 1. The number of nitrogens with two attached hydrogens (primary N) is 1. The van der Waals surface area contributed by atoms with Gasteiger partial charge in [0.15, 0.2) is 0 Å². The van der Waals surface area contributed by atoms with Crippen LogP contribution in [0.2, 0.25) is 10.0 Å². The molecule has 1 saturated heterocycles. The van der Waals surface area contributed by atoms with Gasteiger partial charge in [-0.05, 0) is 38.3 Å². The van der Waals surface area contributed by atoms with Gasteiger partial charge in [0.25, 0.3) is 0 Å². The molecule has 2 unspecified atom stereocenters. The first kappa shape index (κ1) is 17.4. The molecule has 1 aliphatic rings. The van der Waals surface area contributed by atoms with Crippen molar-refractivity contribution in [3.8, 4) is 5.75 Å². The molecule has 1 heterocycles. The van der Waals surface area contributed by atoms with Crippen LogP contribution in [0.15, 0.2) is 18.2 Å². The van der Waals surface area contributed by atoms with Crippen LogP contribution in [0.1, 0.15) is 32.6 Å². The molecule has 1 aliphatic heterocycles. The standard InChI is InChI=1S/C16H22Cl2N2O2/c1-11-10-12(19)7-8-20(11)15(21)6-3-9-22-14-5-2-4-13(17)16(14)18/h2,4-5,11-12H,3,6-10,19H2,1H3. The van der Waals surface area contributed by atoms with Gasteiger partial charge in [0, 0.05) is 25.0 Å². The SMILES string of the molecule is CC1CC(N)CCN1C(=O)CCCOc1cccc(Cl)c1Cl. The van der Waals surface area contributed by atoms with E-state index in [0.717, 1.165) is 19.4 Å². The third-order valence-corrected chi connectivity index (χ3v) is 4.75. The van der Waals surface area contributed by atoms with Crippen LogP contribution >= 0.6 is 23.2 Å². The summed E-state index contributed by atoms with van der Waals surface area (Å²) in [6.07, 6.45) is 2.87. The van der Waals surface area contributed by atoms with Crippen LogP contribution in [0, 0.1) is 0 Å². The fourth-order valence-electron chi connectivity index (χ4n) is 2.72. The highest BCUT2D eigenvalue weighted by molar-refractivity contribution is 6.42. The summed E-state index contributed by atoms with van der Waals surface area (Å²) in [5, 5.41) is 0.878. The van der Waals surface area contributed by atoms with E-state index >= 15 is 0 Å². The molecule has 0 radical (unpaired) electrons. The van der Waals surface area contributed by atoms with Gasteiger partial charge in [-0.15, -0.1) is 0 Å². The van der Waals surface area contributed by atoms with Crippen LogP contribution in [0.5, 0.6) is 5.75 Å². The topological polar surface area (TPSA) is 55.6 Å². The molecule has 0 saturated carbocycles. The van der Waals surface area contributed by atoms with Crippen molar-refractivity contribution in [1.82, 2.24) is 4.90 Å². The lowest BCUT2D eigenvalue weighted by atomic mass is 9.98. The molecule has 4 nitrogen and oxygen atoms in total. The summed E-state index contributed by atoms with van der Waals surface area (Å²) in [6, 6.07) is 5.70. The van der Waals surface area contributed by atoms with E-state index in [1.165, 1.54) is 0 Å². The van der Waals surface area contributed by atoms with E-state index in [9.17, 15) is 4.79 Å². The third-order valence-electron chi connectivity index (χ3n) is 3.95. The number of carbonyl (C=O) groups excluding carboxylic acids is 1. The van der Waals surface area contributed by atoms with Crippen molar-refractivity contribution in [1.29, 1.82) is 0 Å². The highest BCUT2D eigenvalue weighted by Crippen LogP contribution is 2.31.